The number of nitrogens with zero attached hydrogens (tertiary/aromatic N) is 2. The summed E-state index contributed by atoms with van der Waals surface area (Å²) in [6.07, 6.45) is 0.931. The van der Waals surface area contributed by atoms with Crippen LogP contribution in [0.3, 0.4) is 0 Å². The molecule has 152 valence electrons. The van der Waals surface area contributed by atoms with Gasteiger partial charge in [-0.15, -0.1) is 0 Å². The van der Waals surface area contributed by atoms with Crippen LogP contribution in [0.2, 0.25) is 0 Å². The number of ether oxygens (including phenoxy) is 1. The molecule has 0 aliphatic carbocycles. The summed E-state index contributed by atoms with van der Waals surface area (Å²) in [6.45, 7) is 6.94. The van der Waals surface area contributed by atoms with Crippen LogP contribution < -0.4 is 10.4 Å². The highest BCUT2D eigenvalue weighted by molar-refractivity contribution is 5.83. The Labute approximate surface area is 169 Å². The van der Waals surface area contributed by atoms with E-state index < -0.39 is 5.63 Å². The Morgan fingerprint density at radius 1 is 0.966 bits per heavy atom. The average molecular weight is 394 g/mol. The van der Waals surface area contributed by atoms with E-state index in [4.69, 9.17) is 9.15 Å². The summed E-state index contributed by atoms with van der Waals surface area (Å²) < 4.78 is 10.9. The van der Waals surface area contributed by atoms with Crippen molar-refractivity contribution >= 4 is 11.0 Å². The maximum Gasteiger partial charge on any atom is 0.339 e. The molecule has 6 heteroatoms. The Bertz CT molecular complexity index is 995. The van der Waals surface area contributed by atoms with E-state index in [2.05, 4.69) is 40.1 Å². The minimum Gasteiger partial charge on any atom is -0.507 e. The molecule has 0 unspecified atom stereocenters. The van der Waals surface area contributed by atoms with Crippen molar-refractivity contribution in [3.63, 3.8) is 0 Å². The lowest BCUT2D eigenvalue weighted by atomic mass is 10.2. The van der Waals surface area contributed by atoms with Gasteiger partial charge >= 0.3 is 5.63 Å². The minimum atomic E-state index is -0.571. The average Bonchev–Trinajstić information content (AvgIpc) is 2.73. The van der Waals surface area contributed by atoms with Gasteiger partial charge in [0, 0.05) is 45.3 Å². The van der Waals surface area contributed by atoms with Crippen LogP contribution in [0.4, 0.5) is 0 Å². The number of aromatic hydroxyl groups is 1. The topological polar surface area (TPSA) is 66.2 Å². The maximum atomic E-state index is 11.4. The zero-order chi connectivity index (χ0) is 20.1. The van der Waals surface area contributed by atoms with Crippen LogP contribution >= 0.6 is 0 Å². The lowest BCUT2D eigenvalue weighted by Crippen LogP contribution is -2.46. The van der Waals surface area contributed by atoms with Crippen LogP contribution in [-0.4, -0.2) is 54.2 Å². The second-order valence-electron chi connectivity index (χ2n) is 7.41. The normalized spacial score (nSPS) is 15.6. The molecule has 3 aromatic rings. The van der Waals surface area contributed by atoms with Gasteiger partial charge in [0.15, 0.2) is 0 Å². The van der Waals surface area contributed by atoms with Gasteiger partial charge in [-0.25, -0.2) is 4.79 Å². The molecular formula is C23H26N2O4. The van der Waals surface area contributed by atoms with Gasteiger partial charge in [-0.2, -0.15) is 0 Å². The highest BCUT2D eigenvalue weighted by Gasteiger charge is 2.16. The molecule has 1 aliphatic heterocycles. The van der Waals surface area contributed by atoms with Crippen LogP contribution in [-0.2, 0) is 6.54 Å². The maximum absolute atomic E-state index is 11.4. The predicted molar refractivity (Wildman–Crippen MR) is 112 cm³/mol. The molecule has 29 heavy (non-hydrogen) atoms. The Balaban J connectivity index is 1.19. The summed E-state index contributed by atoms with van der Waals surface area (Å²) in [5.74, 6) is 0.563. The molecule has 4 rings (SSSR count). The Morgan fingerprint density at radius 2 is 1.72 bits per heavy atom. The summed E-state index contributed by atoms with van der Waals surface area (Å²) in [6, 6.07) is 16.8. The fourth-order valence-electron chi connectivity index (χ4n) is 3.71. The Morgan fingerprint density at radius 3 is 2.52 bits per heavy atom. The fourth-order valence-corrected chi connectivity index (χ4v) is 3.71. The number of hydrogen-bond donors (Lipinski definition) is 1. The van der Waals surface area contributed by atoms with E-state index in [0.29, 0.717) is 23.3 Å². The fraction of sp³-hybridized carbons (Fsp3) is 0.348. The van der Waals surface area contributed by atoms with Crippen molar-refractivity contribution < 1.29 is 14.3 Å². The van der Waals surface area contributed by atoms with Crippen molar-refractivity contribution in [3.8, 4) is 11.5 Å². The molecule has 1 aromatic heterocycles. The molecular weight excluding hydrogens is 368 g/mol. The summed E-state index contributed by atoms with van der Waals surface area (Å²) in [4.78, 5) is 16.4. The van der Waals surface area contributed by atoms with Gasteiger partial charge in [0.05, 0.1) is 18.1 Å². The van der Waals surface area contributed by atoms with E-state index in [0.717, 1.165) is 51.8 Å². The zero-order valence-electron chi connectivity index (χ0n) is 16.4. The van der Waals surface area contributed by atoms with Gasteiger partial charge in [0.2, 0.25) is 0 Å². The zero-order valence-corrected chi connectivity index (χ0v) is 16.4. The van der Waals surface area contributed by atoms with Crippen LogP contribution in [0.5, 0.6) is 11.5 Å². The predicted octanol–water partition coefficient (Wildman–Crippen LogP) is 3.09. The van der Waals surface area contributed by atoms with E-state index in [1.165, 1.54) is 5.56 Å². The number of rotatable bonds is 7. The molecule has 0 radical (unpaired) electrons. The second-order valence-corrected chi connectivity index (χ2v) is 7.41. The van der Waals surface area contributed by atoms with Crippen LogP contribution in [0.15, 0.2) is 63.8 Å². The van der Waals surface area contributed by atoms with Crippen LogP contribution in [0.1, 0.15) is 12.0 Å². The van der Waals surface area contributed by atoms with Crippen molar-refractivity contribution in [3.05, 3.63) is 70.6 Å². The molecule has 0 saturated carbocycles. The standard InChI is InChI=1S/C23H26N2O4/c26-21-16-23(27)29-22-15-19(7-8-20(21)22)28-14-4-9-24-10-12-25(13-11-24)17-18-5-2-1-3-6-18/h1-3,5-8,15-16,26H,4,9-14,17H2. The van der Waals surface area contributed by atoms with Crippen molar-refractivity contribution in [2.45, 2.75) is 13.0 Å². The molecule has 2 aromatic carbocycles. The molecule has 1 saturated heterocycles. The van der Waals surface area contributed by atoms with Gasteiger partial charge in [0.25, 0.3) is 0 Å². The first kappa shape index (κ1) is 19.5. The number of piperazine rings is 1. The summed E-state index contributed by atoms with van der Waals surface area (Å²) in [5.41, 5.74) is 1.13. The Hall–Kier alpha value is -2.83. The van der Waals surface area contributed by atoms with E-state index in [9.17, 15) is 9.90 Å². The number of fused-ring (bicyclic) bond motifs is 1. The van der Waals surface area contributed by atoms with Gasteiger partial charge in [-0.05, 0) is 24.1 Å². The highest BCUT2D eigenvalue weighted by atomic mass is 16.5. The van der Waals surface area contributed by atoms with E-state index >= 15 is 0 Å². The monoisotopic (exact) mass is 394 g/mol. The molecule has 1 aliphatic rings. The van der Waals surface area contributed by atoms with E-state index in [1.54, 1.807) is 18.2 Å². The first-order valence-electron chi connectivity index (χ1n) is 10.1. The third-order valence-electron chi connectivity index (χ3n) is 5.30. The molecule has 0 atom stereocenters. The summed E-state index contributed by atoms with van der Waals surface area (Å²) >= 11 is 0. The smallest absolute Gasteiger partial charge is 0.339 e. The first-order chi connectivity index (χ1) is 14.2. The molecule has 1 fully saturated rings. The quantitative estimate of drug-likeness (QED) is 0.491. The van der Waals surface area contributed by atoms with Crippen molar-refractivity contribution in [1.82, 2.24) is 9.80 Å². The van der Waals surface area contributed by atoms with Gasteiger partial charge in [0.1, 0.15) is 17.1 Å². The SMILES string of the molecule is O=c1cc(O)c2ccc(OCCCN3CCN(Cc4ccccc4)CC3)cc2o1. The molecule has 0 amide bonds. The van der Waals surface area contributed by atoms with Crippen molar-refractivity contribution in [2.24, 2.45) is 0 Å². The van der Waals surface area contributed by atoms with Crippen LogP contribution in [0, 0.1) is 0 Å². The van der Waals surface area contributed by atoms with Gasteiger partial charge in [-0.1, -0.05) is 30.3 Å². The number of hydrogen-bond acceptors (Lipinski definition) is 6. The highest BCUT2D eigenvalue weighted by Crippen LogP contribution is 2.26. The lowest BCUT2D eigenvalue weighted by molar-refractivity contribution is 0.121. The van der Waals surface area contributed by atoms with Crippen molar-refractivity contribution in [2.75, 3.05) is 39.3 Å². The minimum absolute atomic E-state index is 0.0748. The number of benzene rings is 2. The first-order valence-corrected chi connectivity index (χ1v) is 10.1. The molecule has 1 N–H and O–H groups in total. The van der Waals surface area contributed by atoms with Crippen molar-refractivity contribution in [1.29, 1.82) is 0 Å². The van der Waals surface area contributed by atoms with Gasteiger partial charge < -0.3 is 19.2 Å². The summed E-state index contributed by atoms with van der Waals surface area (Å²) in [5, 5.41) is 10.3. The largest absolute Gasteiger partial charge is 0.507 e. The van der Waals surface area contributed by atoms with E-state index in [-0.39, 0.29) is 5.75 Å². The molecule has 2 heterocycles. The second kappa shape index (κ2) is 9.11. The molecule has 0 bridgehead atoms. The van der Waals surface area contributed by atoms with Gasteiger partial charge in [-0.3, -0.25) is 4.90 Å². The van der Waals surface area contributed by atoms with Crippen LogP contribution in [0.25, 0.3) is 11.0 Å². The third-order valence-corrected chi connectivity index (χ3v) is 5.30. The molecule has 6 nitrogen and oxygen atoms in total. The third kappa shape index (κ3) is 5.16. The van der Waals surface area contributed by atoms with E-state index in [1.807, 2.05) is 0 Å². The summed E-state index contributed by atoms with van der Waals surface area (Å²) in [7, 11) is 0. The Kier molecular flexibility index (Phi) is 6.12. The molecule has 0 spiro atoms. The lowest BCUT2D eigenvalue weighted by Gasteiger charge is -2.34.